The second-order valence-electron chi connectivity index (χ2n) is 5.11. The summed E-state index contributed by atoms with van der Waals surface area (Å²) >= 11 is 1.35. The molecule has 1 saturated carbocycles. The summed E-state index contributed by atoms with van der Waals surface area (Å²) in [4.78, 5) is 35.4. The first-order valence-electron chi connectivity index (χ1n) is 7.17. The fourth-order valence-electron chi connectivity index (χ4n) is 2.33. The number of hydrogen-bond acceptors (Lipinski definition) is 5. The van der Waals surface area contributed by atoms with Crippen LogP contribution >= 0.6 is 11.3 Å². The molecule has 0 atom stereocenters. The van der Waals surface area contributed by atoms with Crippen LogP contribution in [0.2, 0.25) is 0 Å². The van der Waals surface area contributed by atoms with Crippen LogP contribution in [0.1, 0.15) is 48.2 Å². The van der Waals surface area contributed by atoms with Gasteiger partial charge in [0.2, 0.25) is 0 Å². The number of nitrogens with one attached hydrogen (secondary N) is 1. The summed E-state index contributed by atoms with van der Waals surface area (Å²) in [6.45, 7) is -0.261. The molecule has 0 radical (unpaired) electrons. The lowest BCUT2D eigenvalue weighted by Crippen LogP contribution is -2.35. The fraction of sp³-hybridized carbons (Fsp3) is 0.533. The van der Waals surface area contributed by atoms with Gasteiger partial charge in [0.05, 0.1) is 11.3 Å². The molecule has 1 aromatic heterocycles. The molecule has 1 N–H and O–H groups in total. The highest BCUT2D eigenvalue weighted by Crippen LogP contribution is 2.17. The van der Waals surface area contributed by atoms with Gasteiger partial charge in [-0.15, -0.1) is 11.3 Å². The Morgan fingerprint density at radius 1 is 1.24 bits per heavy atom. The van der Waals surface area contributed by atoms with Gasteiger partial charge in [0.15, 0.2) is 12.4 Å². The third-order valence-electron chi connectivity index (χ3n) is 3.44. The summed E-state index contributed by atoms with van der Waals surface area (Å²) in [5.41, 5.74) is 0. The van der Waals surface area contributed by atoms with Gasteiger partial charge in [0.25, 0.3) is 5.91 Å². The standard InChI is InChI=1S/C15H19NO4S/c17-12(13-6-3-9-21-13)7-8-15(19)20-10-14(18)16-11-4-1-2-5-11/h3,6,9,11H,1-2,4-5,7-8,10H2,(H,16,18). The van der Waals surface area contributed by atoms with E-state index in [9.17, 15) is 14.4 Å². The number of Topliss-reactive ketones (excluding diaryl/α,β-unsaturated/α-hetero) is 1. The molecule has 0 aromatic carbocycles. The van der Waals surface area contributed by atoms with Crippen LogP contribution in [-0.4, -0.2) is 30.3 Å². The van der Waals surface area contributed by atoms with Gasteiger partial charge in [0.1, 0.15) is 0 Å². The van der Waals surface area contributed by atoms with Crippen LogP contribution in [0.5, 0.6) is 0 Å². The maximum atomic E-state index is 11.7. The predicted molar refractivity (Wildman–Crippen MR) is 79.2 cm³/mol. The molecule has 2 rings (SSSR count). The monoisotopic (exact) mass is 309 g/mol. The van der Waals surface area contributed by atoms with Crippen molar-refractivity contribution in [1.82, 2.24) is 5.32 Å². The lowest BCUT2D eigenvalue weighted by atomic mass is 10.2. The minimum Gasteiger partial charge on any atom is -0.456 e. The molecule has 1 aromatic rings. The van der Waals surface area contributed by atoms with Crippen LogP contribution in [0.3, 0.4) is 0 Å². The second kappa shape index (κ2) is 7.93. The molecular weight excluding hydrogens is 290 g/mol. The Kier molecular flexibility index (Phi) is 5.92. The van der Waals surface area contributed by atoms with Crippen molar-refractivity contribution in [2.24, 2.45) is 0 Å². The van der Waals surface area contributed by atoms with Crippen LogP contribution < -0.4 is 5.32 Å². The number of thiophene rings is 1. The molecule has 5 nitrogen and oxygen atoms in total. The minimum atomic E-state index is -0.513. The largest absolute Gasteiger partial charge is 0.456 e. The van der Waals surface area contributed by atoms with E-state index in [0.29, 0.717) is 4.88 Å². The Hall–Kier alpha value is -1.69. The molecule has 6 heteroatoms. The maximum absolute atomic E-state index is 11.7. The van der Waals surface area contributed by atoms with E-state index < -0.39 is 5.97 Å². The smallest absolute Gasteiger partial charge is 0.306 e. The van der Waals surface area contributed by atoms with Crippen LogP contribution in [0.4, 0.5) is 0 Å². The third kappa shape index (κ3) is 5.30. The first-order chi connectivity index (χ1) is 10.1. The van der Waals surface area contributed by atoms with Gasteiger partial charge in [-0.25, -0.2) is 0 Å². The number of carbonyl (C=O) groups is 3. The number of rotatable bonds is 7. The fourth-order valence-corrected chi connectivity index (χ4v) is 3.03. The van der Waals surface area contributed by atoms with Crippen molar-refractivity contribution in [2.45, 2.75) is 44.6 Å². The summed E-state index contributed by atoms with van der Waals surface area (Å²) in [5, 5.41) is 4.66. The third-order valence-corrected chi connectivity index (χ3v) is 4.35. The van der Waals surface area contributed by atoms with Crippen molar-refractivity contribution < 1.29 is 19.1 Å². The van der Waals surface area contributed by atoms with Crippen molar-refractivity contribution in [3.05, 3.63) is 22.4 Å². The zero-order chi connectivity index (χ0) is 15.1. The normalized spacial score (nSPS) is 14.9. The molecule has 114 valence electrons. The molecule has 1 aliphatic carbocycles. The first-order valence-corrected chi connectivity index (χ1v) is 8.05. The highest BCUT2D eigenvalue weighted by molar-refractivity contribution is 7.12. The Morgan fingerprint density at radius 3 is 2.67 bits per heavy atom. The van der Waals surface area contributed by atoms with E-state index in [1.807, 2.05) is 5.38 Å². The summed E-state index contributed by atoms with van der Waals surface area (Å²) in [5.74, 6) is -0.848. The molecule has 0 bridgehead atoms. The highest BCUT2D eigenvalue weighted by atomic mass is 32.1. The molecule has 1 heterocycles. The molecule has 21 heavy (non-hydrogen) atoms. The lowest BCUT2D eigenvalue weighted by molar-refractivity contribution is -0.148. The summed E-state index contributed by atoms with van der Waals surface area (Å²) in [7, 11) is 0. The van der Waals surface area contributed by atoms with E-state index in [1.165, 1.54) is 11.3 Å². The summed E-state index contributed by atoms with van der Waals surface area (Å²) in [6.07, 6.45) is 4.38. The van der Waals surface area contributed by atoms with E-state index in [4.69, 9.17) is 4.74 Å². The Labute approximate surface area is 127 Å². The molecule has 1 amide bonds. The van der Waals surface area contributed by atoms with Crippen molar-refractivity contribution in [2.75, 3.05) is 6.61 Å². The van der Waals surface area contributed by atoms with Crippen LogP contribution in [0.15, 0.2) is 17.5 Å². The Balaban J connectivity index is 1.60. The molecule has 0 aliphatic heterocycles. The van der Waals surface area contributed by atoms with Gasteiger partial charge in [-0.2, -0.15) is 0 Å². The first kappa shape index (κ1) is 15.7. The predicted octanol–water partition coefficient (Wildman–Crippen LogP) is 2.31. The summed E-state index contributed by atoms with van der Waals surface area (Å²) in [6, 6.07) is 3.74. The van der Waals surface area contributed by atoms with Crippen molar-refractivity contribution >= 4 is 29.0 Å². The number of amides is 1. The topological polar surface area (TPSA) is 72.5 Å². The number of ketones is 1. The molecule has 0 unspecified atom stereocenters. The number of ether oxygens (including phenoxy) is 1. The van der Waals surface area contributed by atoms with Gasteiger partial charge in [-0.1, -0.05) is 18.9 Å². The summed E-state index contributed by atoms with van der Waals surface area (Å²) < 4.78 is 4.88. The molecule has 1 fully saturated rings. The SMILES string of the molecule is O=C(COC(=O)CCC(=O)c1cccs1)NC1CCCC1. The van der Waals surface area contributed by atoms with Crippen molar-refractivity contribution in [3.63, 3.8) is 0 Å². The highest BCUT2D eigenvalue weighted by Gasteiger charge is 2.18. The van der Waals surface area contributed by atoms with E-state index in [1.54, 1.807) is 12.1 Å². The van der Waals surface area contributed by atoms with Crippen LogP contribution in [0.25, 0.3) is 0 Å². The molecule has 0 saturated heterocycles. The van der Waals surface area contributed by atoms with Gasteiger partial charge in [-0.05, 0) is 24.3 Å². The zero-order valence-electron chi connectivity index (χ0n) is 11.8. The van der Waals surface area contributed by atoms with E-state index >= 15 is 0 Å². The van der Waals surface area contributed by atoms with Crippen LogP contribution in [-0.2, 0) is 14.3 Å². The van der Waals surface area contributed by atoms with E-state index in [-0.39, 0.29) is 37.2 Å². The maximum Gasteiger partial charge on any atom is 0.306 e. The van der Waals surface area contributed by atoms with Crippen LogP contribution in [0, 0.1) is 0 Å². The Bertz CT molecular complexity index is 492. The van der Waals surface area contributed by atoms with Gasteiger partial charge in [0, 0.05) is 12.5 Å². The van der Waals surface area contributed by atoms with Gasteiger partial charge >= 0.3 is 5.97 Å². The molecule has 1 aliphatic rings. The quantitative estimate of drug-likeness (QED) is 0.619. The van der Waals surface area contributed by atoms with E-state index in [0.717, 1.165) is 25.7 Å². The van der Waals surface area contributed by atoms with Gasteiger partial charge < -0.3 is 10.1 Å². The van der Waals surface area contributed by atoms with Crippen molar-refractivity contribution in [1.29, 1.82) is 0 Å². The molecular formula is C15H19NO4S. The van der Waals surface area contributed by atoms with E-state index in [2.05, 4.69) is 5.32 Å². The number of esters is 1. The zero-order valence-corrected chi connectivity index (χ0v) is 12.6. The lowest BCUT2D eigenvalue weighted by Gasteiger charge is -2.11. The number of carbonyl (C=O) groups excluding carboxylic acids is 3. The average Bonchev–Trinajstić information content (AvgIpc) is 3.15. The molecule has 0 spiro atoms. The minimum absolute atomic E-state index is 0.00738. The average molecular weight is 309 g/mol. The van der Waals surface area contributed by atoms with Gasteiger partial charge in [-0.3, -0.25) is 14.4 Å². The second-order valence-corrected chi connectivity index (χ2v) is 6.06. The van der Waals surface area contributed by atoms with Crippen molar-refractivity contribution in [3.8, 4) is 0 Å². The number of hydrogen-bond donors (Lipinski definition) is 1. The Morgan fingerprint density at radius 2 is 2.00 bits per heavy atom.